The van der Waals surface area contributed by atoms with Gasteiger partial charge in [0, 0.05) is 42.4 Å². The van der Waals surface area contributed by atoms with E-state index in [1.165, 1.54) is 12.1 Å². The third-order valence-electron chi connectivity index (χ3n) is 4.70. The maximum absolute atomic E-state index is 10.7. The highest BCUT2D eigenvalue weighted by atomic mass is 16.6. The first-order valence-corrected chi connectivity index (χ1v) is 9.35. The van der Waals surface area contributed by atoms with Crippen molar-refractivity contribution >= 4 is 33.7 Å². The quantitative estimate of drug-likeness (QED) is 0.349. The zero-order valence-corrected chi connectivity index (χ0v) is 16.6. The number of non-ortho nitro benzene ring substituents is 1. The molecule has 2 aromatic carbocycles. The molecule has 0 spiro atoms. The van der Waals surface area contributed by atoms with Crippen LogP contribution in [0.2, 0.25) is 0 Å². The van der Waals surface area contributed by atoms with E-state index in [0.717, 1.165) is 24.2 Å². The van der Waals surface area contributed by atoms with Crippen LogP contribution >= 0.6 is 0 Å². The molecule has 0 aliphatic carbocycles. The molecule has 8 heteroatoms. The Balaban J connectivity index is 1.87. The number of nitrogens with one attached hydrogen (secondary N) is 2. The Morgan fingerprint density at radius 3 is 2.48 bits per heavy atom. The molecule has 3 aromatic rings. The Hall–Kier alpha value is -3.68. The summed E-state index contributed by atoms with van der Waals surface area (Å²) in [5, 5.41) is 24.1. The first kappa shape index (κ1) is 20.1. The van der Waals surface area contributed by atoms with Gasteiger partial charge in [0.1, 0.15) is 5.58 Å². The fourth-order valence-electron chi connectivity index (χ4n) is 3.04. The van der Waals surface area contributed by atoms with E-state index >= 15 is 0 Å². The van der Waals surface area contributed by atoms with Crippen LogP contribution in [-0.2, 0) is 0 Å². The molecular weight excluding hydrogens is 370 g/mol. The van der Waals surface area contributed by atoms with Crippen molar-refractivity contribution in [3.8, 4) is 0 Å². The fraction of sp³-hybridized carbons (Fsp3) is 0.238. The molecule has 3 rings (SSSR count). The summed E-state index contributed by atoms with van der Waals surface area (Å²) in [6.45, 7) is 7.77. The van der Waals surface area contributed by atoms with Gasteiger partial charge in [0.15, 0.2) is 0 Å². The van der Waals surface area contributed by atoms with Crippen molar-refractivity contribution in [2.24, 2.45) is 5.10 Å². The fourth-order valence-corrected chi connectivity index (χ4v) is 3.04. The zero-order chi connectivity index (χ0) is 21.0. The third kappa shape index (κ3) is 4.43. The number of nitro benzene ring substituents is 1. The van der Waals surface area contributed by atoms with Gasteiger partial charge < -0.3 is 9.32 Å². The molecule has 0 atom stereocenters. The maximum Gasteiger partial charge on any atom is 0.269 e. The van der Waals surface area contributed by atoms with Crippen LogP contribution in [0, 0.1) is 15.5 Å². The van der Waals surface area contributed by atoms with E-state index < -0.39 is 4.92 Å². The number of nitrogens with zero attached hydrogens (tertiary/aromatic N) is 3. The van der Waals surface area contributed by atoms with Gasteiger partial charge in [-0.3, -0.25) is 20.9 Å². The van der Waals surface area contributed by atoms with Crippen molar-refractivity contribution in [2.45, 2.75) is 20.8 Å². The highest BCUT2D eigenvalue weighted by Crippen LogP contribution is 2.22. The average molecular weight is 393 g/mol. The Labute approximate surface area is 168 Å². The van der Waals surface area contributed by atoms with Crippen LogP contribution in [0.1, 0.15) is 26.3 Å². The van der Waals surface area contributed by atoms with E-state index in [-0.39, 0.29) is 11.2 Å². The topological polar surface area (TPSA) is 108 Å². The summed E-state index contributed by atoms with van der Waals surface area (Å²) in [4.78, 5) is 12.5. The third-order valence-corrected chi connectivity index (χ3v) is 4.70. The van der Waals surface area contributed by atoms with Crippen molar-refractivity contribution in [2.75, 3.05) is 23.4 Å². The summed E-state index contributed by atoms with van der Waals surface area (Å²) >= 11 is 0. The number of hydrogen-bond donors (Lipinski definition) is 2. The van der Waals surface area contributed by atoms with E-state index in [4.69, 9.17) is 9.83 Å². The monoisotopic (exact) mass is 393 g/mol. The van der Waals surface area contributed by atoms with Gasteiger partial charge in [-0.05, 0) is 51.1 Å². The zero-order valence-electron chi connectivity index (χ0n) is 16.6. The Morgan fingerprint density at radius 1 is 1.17 bits per heavy atom. The second-order valence-corrected chi connectivity index (χ2v) is 6.50. The summed E-state index contributed by atoms with van der Waals surface area (Å²) in [5.74, 6) is 0. The summed E-state index contributed by atoms with van der Waals surface area (Å²) < 4.78 is 5.74. The van der Waals surface area contributed by atoms with Crippen LogP contribution in [0.15, 0.2) is 58.0 Å². The van der Waals surface area contributed by atoms with Gasteiger partial charge in [-0.1, -0.05) is 0 Å². The number of benzene rings is 2. The minimum atomic E-state index is -0.451. The maximum atomic E-state index is 10.7. The van der Waals surface area contributed by atoms with Gasteiger partial charge in [0.25, 0.3) is 5.69 Å². The molecular formula is C21H23N5O3. The Kier molecular flexibility index (Phi) is 5.92. The SMILES string of the molecule is CCN(CC)c1ccc2cc(/C(C)=N\Nc3ccc([N+](=O)[O-])cc3)c(=N)oc2c1. The molecule has 0 aliphatic rings. The van der Waals surface area contributed by atoms with Crippen LogP contribution in [0.3, 0.4) is 0 Å². The largest absolute Gasteiger partial charge is 0.438 e. The van der Waals surface area contributed by atoms with E-state index in [0.29, 0.717) is 22.5 Å². The molecule has 150 valence electrons. The minimum absolute atomic E-state index is 0.0158. The molecule has 0 bridgehead atoms. The molecule has 0 fully saturated rings. The lowest BCUT2D eigenvalue weighted by Crippen LogP contribution is -2.21. The normalized spacial score (nSPS) is 11.5. The molecule has 0 radical (unpaired) electrons. The van der Waals surface area contributed by atoms with Crippen LogP contribution in [0.25, 0.3) is 11.0 Å². The highest BCUT2D eigenvalue weighted by molar-refractivity contribution is 6.00. The van der Waals surface area contributed by atoms with Gasteiger partial charge in [-0.15, -0.1) is 0 Å². The van der Waals surface area contributed by atoms with Gasteiger partial charge in [-0.25, -0.2) is 0 Å². The van der Waals surface area contributed by atoms with Crippen LogP contribution in [0.5, 0.6) is 0 Å². The van der Waals surface area contributed by atoms with Gasteiger partial charge in [0.2, 0.25) is 5.55 Å². The lowest BCUT2D eigenvalue weighted by molar-refractivity contribution is -0.384. The predicted molar refractivity (Wildman–Crippen MR) is 115 cm³/mol. The van der Waals surface area contributed by atoms with Gasteiger partial charge in [-0.2, -0.15) is 5.10 Å². The number of rotatable bonds is 7. The molecule has 2 N–H and O–H groups in total. The van der Waals surface area contributed by atoms with Crippen LogP contribution in [-0.4, -0.2) is 23.7 Å². The number of anilines is 2. The molecule has 8 nitrogen and oxygen atoms in total. The van der Waals surface area contributed by atoms with E-state index in [2.05, 4.69) is 29.3 Å². The van der Waals surface area contributed by atoms with Crippen molar-refractivity contribution in [3.63, 3.8) is 0 Å². The second-order valence-electron chi connectivity index (χ2n) is 6.50. The standard InChI is InChI=1S/C21H23N5O3/c1-4-25(5-2)18-9-6-15-12-19(21(22)29-20(15)13-18)14(3)23-24-16-7-10-17(11-8-16)26(27)28/h6-13,22,24H,4-5H2,1-3H3/b22-21?,23-14-. The number of hydrazone groups is 1. The lowest BCUT2D eigenvalue weighted by Gasteiger charge is -2.21. The molecule has 0 amide bonds. The minimum Gasteiger partial charge on any atom is -0.438 e. The predicted octanol–water partition coefficient (Wildman–Crippen LogP) is 4.50. The van der Waals surface area contributed by atoms with Crippen molar-refractivity contribution in [1.29, 1.82) is 5.41 Å². The van der Waals surface area contributed by atoms with Gasteiger partial charge >= 0.3 is 0 Å². The first-order chi connectivity index (χ1) is 13.9. The summed E-state index contributed by atoms with van der Waals surface area (Å²) in [5.41, 5.74) is 6.37. The average Bonchev–Trinajstić information content (AvgIpc) is 2.72. The highest BCUT2D eigenvalue weighted by Gasteiger charge is 2.09. The molecule has 29 heavy (non-hydrogen) atoms. The molecule has 0 saturated carbocycles. The summed E-state index contributed by atoms with van der Waals surface area (Å²) in [6, 6.07) is 13.8. The van der Waals surface area contributed by atoms with Crippen molar-refractivity contribution in [1.82, 2.24) is 0 Å². The van der Waals surface area contributed by atoms with Crippen molar-refractivity contribution in [3.05, 3.63) is 69.8 Å². The molecule has 0 saturated heterocycles. The summed E-state index contributed by atoms with van der Waals surface area (Å²) in [7, 11) is 0. The van der Waals surface area contributed by atoms with E-state index in [1.54, 1.807) is 19.1 Å². The Morgan fingerprint density at radius 2 is 1.86 bits per heavy atom. The van der Waals surface area contributed by atoms with Crippen molar-refractivity contribution < 1.29 is 9.34 Å². The number of nitro groups is 1. The smallest absolute Gasteiger partial charge is 0.269 e. The van der Waals surface area contributed by atoms with E-state index in [1.807, 2.05) is 24.3 Å². The Bertz CT molecular complexity index is 1120. The molecule has 0 unspecified atom stereocenters. The van der Waals surface area contributed by atoms with Crippen LogP contribution in [0.4, 0.5) is 17.1 Å². The van der Waals surface area contributed by atoms with Gasteiger partial charge in [0.05, 0.1) is 21.9 Å². The number of fused-ring (bicyclic) bond motifs is 1. The molecule has 1 heterocycles. The first-order valence-electron chi connectivity index (χ1n) is 9.35. The van der Waals surface area contributed by atoms with Crippen LogP contribution < -0.4 is 15.9 Å². The molecule has 0 aliphatic heterocycles. The number of hydrogen-bond acceptors (Lipinski definition) is 7. The second kappa shape index (κ2) is 8.55. The van der Waals surface area contributed by atoms with E-state index in [9.17, 15) is 10.1 Å². The lowest BCUT2D eigenvalue weighted by atomic mass is 10.1. The molecule has 1 aromatic heterocycles. The summed E-state index contributed by atoms with van der Waals surface area (Å²) in [6.07, 6.45) is 0.